The van der Waals surface area contributed by atoms with Crippen molar-refractivity contribution >= 4 is 9.84 Å². The number of rotatable bonds is 8. The quantitative estimate of drug-likeness (QED) is 0.571. The summed E-state index contributed by atoms with van der Waals surface area (Å²) >= 11 is 0. The molecule has 0 aliphatic heterocycles. The molecule has 0 atom stereocenters. The van der Waals surface area contributed by atoms with Crippen LogP contribution >= 0.6 is 0 Å². The Morgan fingerprint density at radius 3 is 2.94 bits per heavy atom. The van der Waals surface area contributed by atoms with Gasteiger partial charge < -0.3 is 10.4 Å². The molecule has 0 saturated carbocycles. The Balaban J connectivity index is 2.17. The molecule has 98 valence electrons. The van der Waals surface area contributed by atoms with Gasteiger partial charge in [-0.05, 0) is 13.0 Å². The average Bonchev–Trinajstić information content (AvgIpc) is 2.64. The lowest BCUT2D eigenvalue weighted by atomic mass is 10.4. The summed E-state index contributed by atoms with van der Waals surface area (Å²) in [4.78, 5) is 0. The second-order valence-corrected chi connectivity index (χ2v) is 6.12. The fourth-order valence-corrected chi connectivity index (χ4v) is 1.98. The summed E-state index contributed by atoms with van der Waals surface area (Å²) in [7, 11) is -2.87. The zero-order valence-corrected chi connectivity index (χ0v) is 10.7. The van der Waals surface area contributed by atoms with E-state index in [9.17, 15) is 8.42 Å². The van der Waals surface area contributed by atoms with Crippen LogP contribution in [-0.2, 0) is 22.9 Å². The van der Waals surface area contributed by atoms with Crippen molar-refractivity contribution in [1.29, 1.82) is 0 Å². The lowest BCUT2D eigenvalue weighted by Crippen LogP contribution is -2.18. The molecular weight excluding hydrogens is 244 g/mol. The summed E-state index contributed by atoms with van der Waals surface area (Å²) in [5, 5.41) is 19.5. The molecule has 1 rings (SSSR count). The molecule has 1 aromatic heterocycles. The Kier molecular flexibility index (Phi) is 5.52. The molecule has 17 heavy (non-hydrogen) atoms. The first-order valence-electron chi connectivity index (χ1n) is 5.39. The van der Waals surface area contributed by atoms with Gasteiger partial charge in [0.1, 0.15) is 9.84 Å². The molecule has 1 heterocycles. The van der Waals surface area contributed by atoms with E-state index in [-0.39, 0.29) is 12.4 Å². The molecule has 0 aliphatic carbocycles. The predicted octanol–water partition coefficient (Wildman–Crippen LogP) is -1.21. The third kappa shape index (κ3) is 6.35. The van der Waals surface area contributed by atoms with Crippen molar-refractivity contribution in [3.63, 3.8) is 0 Å². The van der Waals surface area contributed by atoms with E-state index in [1.54, 1.807) is 10.9 Å². The number of nitrogens with zero attached hydrogens (tertiary/aromatic N) is 3. The van der Waals surface area contributed by atoms with Gasteiger partial charge in [-0.15, -0.1) is 5.10 Å². The van der Waals surface area contributed by atoms with Gasteiger partial charge in [0.15, 0.2) is 0 Å². The van der Waals surface area contributed by atoms with Gasteiger partial charge in [0.05, 0.1) is 24.6 Å². The second kappa shape index (κ2) is 6.67. The summed E-state index contributed by atoms with van der Waals surface area (Å²) in [5.41, 5.74) is 0.776. The van der Waals surface area contributed by atoms with Crippen molar-refractivity contribution in [3.05, 3.63) is 11.9 Å². The molecule has 0 bridgehead atoms. The van der Waals surface area contributed by atoms with Gasteiger partial charge in [-0.2, -0.15) is 0 Å². The van der Waals surface area contributed by atoms with Gasteiger partial charge in [-0.25, -0.2) is 13.1 Å². The zero-order valence-electron chi connectivity index (χ0n) is 9.83. The first-order chi connectivity index (χ1) is 8.01. The minimum absolute atomic E-state index is 0.0323. The number of nitrogens with one attached hydrogen (secondary N) is 1. The maximum atomic E-state index is 10.9. The standard InChI is InChI=1S/C9H18N4O3S/c1-17(15,16)6-2-3-10-7-9-8-13(4-5-14)12-11-9/h8,10,14H,2-7H2,1H3. The number of sulfone groups is 1. The van der Waals surface area contributed by atoms with Crippen molar-refractivity contribution in [2.24, 2.45) is 0 Å². The maximum absolute atomic E-state index is 10.9. The second-order valence-electron chi connectivity index (χ2n) is 3.86. The van der Waals surface area contributed by atoms with E-state index in [4.69, 9.17) is 5.11 Å². The highest BCUT2D eigenvalue weighted by Crippen LogP contribution is 1.93. The van der Waals surface area contributed by atoms with Crippen molar-refractivity contribution < 1.29 is 13.5 Å². The van der Waals surface area contributed by atoms with E-state index < -0.39 is 9.84 Å². The molecule has 7 nitrogen and oxygen atoms in total. The zero-order chi connectivity index (χ0) is 12.7. The number of hydrogen-bond donors (Lipinski definition) is 2. The lowest BCUT2D eigenvalue weighted by molar-refractivity contribution is 0.268. The minimum Gasteiger partial charge on any atom is -0.394 e. The first-order valence-corrected chi connectivity index (χ1v) is 7.45. The predicted molar refractivity (Wildman–Crippen MR) is 63.1 cm³/mol. The third-order valence-corrected chi connectivity index (χ3v) is 3.12. The van der Waals surface area contributed by atoms with Crippen LogP contribution in [0.2, 0.25) is 0 Å². The molecule has 0 fully saturated rings. The van der Waals surface area contributed by atoms with Gasteiger partial charge in [0.2, 0.25) is 0 Å². The van der Waals surface area contributed by atoms with E-state index in [0.29, 0.717) is 26.1 Å². The summed E-state index contributed by atoms with van der Waals surface area (Å²) in [6.45, 7) is 1.64. The summed E-state index contributed by atoms with van der Waals surface area (Å²) < 4.78 is 23.3. The van der Waals surface area contributed by atoms with Crippen molar-refractivity contribution in [3.8, 4) is 0 Å². The van der Waals surface area contributed by atoms with Crippen LogP contribution in [0.5, 0.6) is 0 Å². The van der Waals surface area contributed by atoms with Crippen LogP contribution in [-0.4, -0.2) is 53.7 Å². The molecule has 0 radical (unpaired) electrons. The average molecular weight is 262 g/mol. The van der Waals surface area contributed by atoms with Crippen LogP contribution in [0.4, 0.5) is 0 Å². The van der Waals surface area contributed by atoms with Crippen LogP contribution in [0, 0.1) is 0 Å². The summed E-state index contributed by atoms with van der Waals surface area (Å²) in [6.07, 6.45) is 3.57. The monoisotopic (exact) mass is 262 g/mol. The fraction of sp³-hybridized carbons (Fsp3) is 0.778. The smallest absolute Gasteiger partial charge is 0.147 e. The summed E-state index contributed by atoms with van der Waals surface area (Å²) in [6, 6.07) is 0. The SMILES string of the molecule is CS(=O)(=O)CCCNCc1cn(CCO)nn1. The Labute approximate surface area is 101 Å². The Morgan fingerprint density at radius 2 is 2.29 bits per heavy atom. The van der Waals surface area contributed by atoms with Gasteiger partial charge in [0.25, 0.3) is 0 Å². The molecule has 0 saturated heterocycles. The number of aliphatic hydroxyl groups is 1. The minimum atomic E-state index is -2.87. The number of hydrogen-bond acceptors (Lipinski definition) is 6. The lowest BCUT2D eigenvalue weighted by Gasteiger charge is -2.01. The van der Waals surface area contributed by atoms with Gasteiger partial charge in [-0.3, -0.25) is 0 Å². The summed E-state index contributed by atoms with van der Waals surface area (Å²) in [5.74, 6) is 0.192. The van der Waals surface area contributed by atoms with Gasteiger partial charge >= 0.3 is 0 Å². The van der Waals surface area contributed by atoms with E-state index in [1.165, 1.54) is 6.26 Å². The van der Waals surface area contributed by atoms with Crippen molar-refractivity contribution in [2.45, 2.75) is 19.5 Å². The molecule has 0 aromatic carbocycles. The van der Waals surface area contributed by atoms with Crippen molar-refractivity contribution in [1.82, 2.24) is 20.3 Å². The Hall–Kier alpha value is -0.990. The molecule has 0 aliphatic rings. The Morgan fingerprint density at radius 1 is 1.53 bits per heavy atom. The molecule has 0 unspecified atom stereocenters. The van der Waals surface area contributed by atoms with Crippen LogP contribution in [0.25, 0.3) is 0 Å². The fourth-order valence-electron chi connectivity index (χ4n) is 1.31. The molecule has 1 aromatic rings. The highest BCUT2D eigenvalue weighted by atomic mass is 32.2. The van der Waals surface area contributed by atoms with E-state index >= 15 is 0 Å². The Bertz CT molecular complexity index is 429. The number of aromatic nitrogens is 3. The van der Waals surface area contributed by atoms with Crippen molar-refractivity contribution in [2.75, 3.05) is 25.2 Å². The molecule has 2 N–H and O–H groups in total. The van der Waals surface area contributed by atoms with Crippen LogP contribution in [0.3, 0.4) is 0 Å². The number of aliphatic hydroxyl groups excluding tert-OH is 1. The van der Waals surface area contributed by atoms with Gasteiger partial charge in [0, 0.05) is 19.0 Å². The van der Waals surface area contributed by atoms with E-state index in [2.05, 4.69) is 15.6 Å². The maximum Gasteiger partial charge on any atom is 0.147 e. The highest BCUT2D eigenvalue weighted by Gasteiger charge is 2.02. The molecule has 8 heteroatoms. The first kappa shape index (κ1) is 14.1. The normalized spacial score (nSPS) is 11.9. The van der Waals surface area contributed by atoms with Crippen LogP contribution < -0.4 is 5.32 Å². The molecule has 0 spiro atoms. The van der Waals surface area contributed by atoms with E-state index in [1.807, 2.05) is 0 Å². The van der Waals surface area contributed by atoms with E-state index in [0.717, 1.165) is 5.69 Å². The third-order valence-electron chi connectivity index (χ3n) is 2.09. The van der Waals surface area contributed by atoms with Gasteiger partial charge in [-0.1, -0.05) is 5.21 Å². The van der Waals surface area contributed by atoms with Crippen LogP contribution in [0.1, 0.15) is 12.1 Å². The van der Waals surface area contributed by atoms with Crippen LogP contribution in [0.15, 0.2) is 6.20 Å². The topological polar surface area (TPSA) is 97.1 Å². The molecular formula is C9H18N4O3S. The largest absolute Gasteiger partial charge is 0.394 e. The highest BCUT2D eigenvalue weighted by molar-refractivity contribution is 7.90. The molecule has 0 amide bonds.